The third-order valence-electron chi connectivity index (χ3n) is 3.71. The van der Waals surface area contributed by atoms with Crippen molar-refractivity contribution in [3.8, 4) is 5.75 Å². The van der Waals surface area contributed by atoms with Gasteiger partial charge < -0.3 is 15.0 Å². The molecular formula is C19H24N2O2. The van der Waals surface area contributed by atoms with E-state index in [1.165, 1.54) is 11.3 Å². The van der Waals surface area contributed by atoms with Gasteiger partial charge in [-0.05, 0) is 41.8 Å². The number of nitrogens with one attached hydrogen (secondary N) is 1. The summed E-state index contributed by atoms with van der Waals surface area (Å²) in [5, 5.41) is 2.96. The van der Waals surface area contributed by atoms with E-state index in [1.807, 2.05) is 38.4 Å². The highest BCUT2D eigenvalue weighted by molar-refractivity contribution is 5.78. The number of rotatable bonds is 7. The molecule has 0 aliphatic rings. The van der Waals surface area contributed by atoms with E-state index >= 15 is 0 Å². The molecule has 0 aliphatic carbocycles. The summed E-state index contributed by atoms with van der Waals surface area (Å²) in [7, 11) is 5.68. The number of hydrogen-bond acceptors (Lipinski definition) is 3. The predicted molar refractivity (Wildman–Crippen MR) is 94.2 cm³/mol. The Morgan fingerprint density at radius 1 is 1.00 bits per heavy atom. The first-order valence-electron chi connectivity index (χ1n) is 7.74. The van der Waals surface area contributed by atoms with E-state index in [9.17, 15) is 4.79 Å². The van der Waals surface area contributed by atoms with Gasteiger partial charge in [-0.1, -0.05) is 24.3 Å². The fourth-order valence-electron chi connectivity index (χ4n) is 2.30. The van der Waals surface area contributed by atoms with Gasteiger partial charge >= 0.3 is 0 Å². The first-order valence-corrected chi connectivity index (χ1v) is 7.74. The highest BCUT2D eigenvalue weighted by atomic mass is 16.5. The van der Waals surface area contributed by atoms with Crippen molar-refractivity contribution in [3.05, 3.63) is 59.7 Å². The Hall–Kier alpha value is -2.49. The third kappa shape index (κ3) is 5.33. The lowest BCUT2D eigenvalue weighted by Gasteiger charge is -2.12. The van der Waals surface area contributed by atoms with Crippen LogP contribution in [0.3, 0.4) is 0 Å². The lowest BCUT2D eigenvalue weighted by Crippen LogP contribution is -2.27. The highest BCUT2D eigenvalue weighted by Crippen LogP contribution is 2.13. The highest BCUT2D eigenvalue weighted by Gasteiger charge is 2.04. The molecule has 0 unspecified atom stereocenters. The second-order valence-corrected chi connectivity index (χ2v) is 5.69. The molecule has 23 heavy (non-hydrogen) atoms. The number of ether oxygens (including phenoxy) is 1. The molecule has 0 bridgehead atoms. The molecule has 0 radical (unpaired) electrons. The van der Waals surface area contributed by atoms with E-state index in [0.29, 0.717) is 13.0 Å². The Morgan fingerprint density at radius 3 is 2.17 bits per heavy atom. The minimum atomic E-state index is 0.0417. The van der Waals surface area contributed by atoms with Crippen molar-refractivity contribution in [3.63, 3.8) is 0 Å². The summed E-state index contributed by atoms with van der Waals surface area (Å²) in [4.78, 5) is 14.0. The average molecular weight is 312 g/mol. The van der Waals surface area contributed by atoms with Gasteiger partial charge in [0.25, 0.3) is 0 Å². The van der Waals surface area contributed by atoms with Crippen LogP contribution in [-0.4, -0.2) is 33.7 Å². The molecule has 1 amide bonds. The standard InChI is InChI=1S/C19H24N2O2/c1-21(2)17-8-4-15(5-9-17)12-13-20-19(22)14-16-6-10-18(23-3)11-7-16/h4-11H,12-14H2,1-3H3,(H,20,22). The molecule has 2 aromatic carbocycles. The zero-order chi connectivity index (χ0) is 16.7. The number of hydrogen-bond donors (Lipinski definition) is 1. The van der Waals surface area contributed by atoms with Gasteiger partial charge in [0.05, 0.1) is 13.5 Å². The third-order valence-corrected chi connectivity index (χ3v) is 3.71. The fourth-order valence-corrected chi connectivity index (χ4v) is 2.30. The van der Waals surface area contributed by atoms with E-state index in [2.05, 4.69) is 34.5 Å². The Labute approximate surface area is 138 Å². The Balaban J connectivity index is 1.75. The van der Waals surface area contributed by atoms with E-state index in [0.717, 1.165) is 17.7 Å². The van der Waals surface area contributed by atoms with Gasteiger partial charge in [0.2, 0.25) is 5.91 Å². The summed E-state index contributed by atoms with van der Waals surface area (Å²) >= 11 is 0. The first-order chi connectivity index (χ1) is 11.1. The molecule has 0 saturated heterocycles. The SMILES string of the molecule is COc1ccc(CC(=O)NCCc2ccc(N(C)C)cc2)cc1. The molecule has 0 aliphatic heterocycles. The van der Waals surface area contributed by atoms with Crippen LogP contribution >= 0.6 is 0 Å². The summed E-state index contributed by atoms with van der Waals surface area (Å²) in [6.45, 7) is 0.649. The molecular weight excluding hydrogens is 288 g/mol. The quantitative estimate of drug-likeness (QED) is 0.854. The first kappa shape index (κ1) is 16.9. The van der Waals surface area contributed by atoms with Crippen molar-refractivity contribution in [1.82, 2.24) is 5.32 Å². The molecule has 122 valence electrons. The van der Waals surface area contributed by atoms with Crippen molar-refractivity contribution in [2.75, 3.05) is 32.6 Å². The van der Waals surface area contributed by atoms with Crippen LogP contribution in [0.25, 0.3) is 0 Å². The van der Waals surface area contributed by atoms with Crippen LogP contribution < -0.4 is 15.0 Å². The van der Waals surface area contributed by atoms with Crippen molar-refractivity contribution in [1.29, 1.82) is 0 Å². The van der Waals surface area contributed by atoms with Gasteiger partial charge in [0, 0.05) is 26.3 Å². The number of anilines is 1. The molecule has 2 rings (SSSR count). The largest absolute Gasteiger partial charge is 0.497 e. The predicted octanol–water partition coefficient (Wildman–Crippen LogP) is 2.66. The van der Waals surface area contributed by atoms with Crippen LogP contribution in [0.2, 0.25) is 0 Å². The minimum absolute atomic E-state index is 0.0417. The van der Waals surface area contributed by atoms with Gasteiger partial charge in [-0.2, -0.15) is 0 Å². The zero-order valence-corrected chi connectivity index (χ0v) is 14.0. The van der Waals surface area contributed by atoms with Gasteiger partial charge in [-0.15, -0.1) is 0 Å². The molecule has 2 aromatic rings. The molecule has 1 N–H and O–H groups in total. The fraction of sp³-hybridized carbons (Fsp3) is 0.316. The summed E-state index contributed by atoms with van der Waals surface area (Å²) in [6, 6.07) is 16.0. The van der Waals surface area contributed by atoms with Crippen molar-refractivity contribution in [2.24, 2.45) is 0 Å². The van der Waals surface area contributed by atoms with E-state index in [1.54, 1.807) is 7.11 Å². The Kier molecular flexibility index (Phi) is 6.03. The van der Waals surface area contributed by atoms with E-state index in [4.69, 9.17) is 4.74 Å². The molecule has 4 nitrogen and oxygen atoms in total. The van der Waals surface area contributed by atoms with Crippen LogP contribution in [0.5, 0.6) is 5.75 Å². The molecule has 0 spiro atoms. The number of carbonyl (C=O) groups excluding carboxylic acids is 1. The number of benzene rings is 2. The molecule has 0 atom stereocenters. The molecule has 0 fully saturated rings. The summed E-state index contributed by atoms with van der Waals surface area (Å²) < 4.78 is 5.11. The maximum Gasteiger partial charge on any atom is 0.224 e. The Bertz CT molecular complexity index is 619. The number of amides is 1. The smallest absolute Gasteiger partial charge is 0.224 e. The van der Waals surface area contributed by atoms with Gasteiger partial charge in [-0.3, -0.25) is 4.79 Å². The van der Waals surface area contributed by atoms with Crippen LogP contribution in [0.1, 0.15) is 11.1 Å². The van der Waals surface area contributed by atoms with Crippen LogP contribution in [0.15, 0.2) is 48.5 Å². The summed E-state index contributed by atoms with van der Waals surface area (Å²) in [5.41, 5.74) is 3.39. The lowest BCUT2D eigenvalue weighted by atomic mass is 10.1. The van der Waals surface area contributed by atoms with Crippen molar-refractivity contribution < 1.29 is 9.53 Å². The second-order valence-electron chi connectivity index (χ2n) is 5.69. The van der Waals surface area contributed by atoms with Crippen LogP contribution in [0, 0.1) is 0 Å². The average Bonchev–Trinajstić information content (AvgIpc) is 2.56. The summed E-state index contributed by atoms with van der Waals surface area (Å²) in [5.74, 6) is 0.843. The normalized spacial score (nSPS) is 10.2. The van der Waals surface area contributed by atoms with E-state index in [-0.39, 0.29) is 5.91 Å². The molecule has 4 heteroatoms. The second kappa shape index (κ2) is 8.22. The van der Waals surface area contributed by atoms with Crippen LogP contribution in [-0.2, 0) is 17.6 Å². The van der Waals surface area contributed by atoms with Gasteiger partial charge in [-0.25, -0.2) is 0 Å². The monoisotopic (exact) mass is 312 g/mol. The lowest BCUT2D eigenvalue weighted by molar-refractivity contribution is -0.120. The van der Waals surface area contributed by atoms with Crippen LogP contribution in [0.4, 0.5) is 5.69 Å². The maximum atomic E-state index is 12.0. The maximum absolute atomic E-state index is 12.0. The van der Waals surface area contributed by atoms with Gasteiger partial charge in [0.1, 0.15) is 5.75 Å². The number of carbonyl (C=O) groups is 1. The van der Waals surface area contributed by atoms with Crippen molar-refractivity contribution >= 4 is 11.6 Å². The van der Waals surface area contributed by atoms with Crippen molar-refractivity contribution in [2.45, 2.75) is 12.8 Å². The molecule has 0 aromatic heterocycles. The number of nitrogens with zero attached hydrogens (tertiary/aromatic N) is 1. The van der Waals surface area contributed by atoms with E-state index < -0.39 is 0 Å². The number of methoxy groups -OCH3 is 1. The molecule has 0 heterocycles. The Morgan fingerprint density at radius 2 is 1.61 bits per heavy atom. The topological polar surface area (TPSA) is 41.6 Å². The minimum Gasteiger partial charge on any atom is -0.497 e. The zero-order valence-electron chi connectivity index (χ0n) is 14.0. The summed E-state index contributed by atoms with van der Waals surface area (Å²) in [6.07, 6.45) is 1.23. The van der Waals surface area contributed by atoms with Gasteiger partial charge in [0.15, 0.2) is 0 Å². The molecule has 0 saturated carbocycles.